The molecule has 0 bridgehead atoms. The van der Waals surface area contributed by atoms with Gasteiger partial charge in [-0.2, -0.15) is 0 Å². The molecule has 1 amide bonds. The molecule has 0 atom stereocenters. The molecule has 38 heavy (non-hydrogen) atoms. The van der Waals surface area contributed by atoms with Crippen molar-refractivity contribution in [1.29, 1.82) is 0 Å². The van der Waals surface area contributed by atoms with Gasteiger partial charge in [0, 0.05) is 12.0 Å². The van der Waals surface area contributed by atoms with Gasteiger partial charge >= 0.3 is 11.9 Å². The lowest BCUT2D eigenvalue weighted by Crippen LogP contribution is -2.14. The fourth-order valence-corrected chi connectivity index (χ4v) is 3.88. The molecule has 0 heterocycles. The van der Waals surface area contributed by atoms with Gasteiger partial charge in [0.1, 0.15) is 17.2 Å². The topological polar surface area (TPSA) is 122 Å². The summed E-state index contributed by atoms with van der Waals surface area (Å²) in [5.74, 6) is -0.372. The maximum atomic E-state index is 12.6. The van der Waals surface area contributed by atoms with Crippen molar-refractivity contribution < 1.29 is 34.1 Å². The number of anilines is 1. The Morgan fingerprint density at radius 3 is 2.08 bits per heavy atom. The third-order valence-corrected chi connectivity index (χ3v) is 5.84. The van der Waals surface area contributed by atoms with Crippen LogP contribution in [0.1, 0.15) is 46.4 Å². The number of carboxylic acid groups (broad SMARTS) is 2. The van der Waals surface area contributed by atoms with Crippen molar-refractivity contribution in [2.24, 2.45) is 0 Å². The lowest BCUT2D eigenvalue weighted by atomic mass is 10.1. The van der Waals surface area contributed by atoms with E-state index in [-0.39, 0.29) is 17.7 Å². The molecule has 0 fully saturated rings. The van der Waals surface area contributed by atoms with E-state index in [1.807, 2.05) is 36.4 Å². The first-order chi connectivity index (χ1) is 18.4. The Morgan fingerprint density at radius 1 is 0.711 bits per heavy atom. The Kier molecular flexibility index (Phi) is 8.56. The third kappa shape index (κ3) is 7.10. The van der Waals surface area contributed by atoms with Crippen LogP contribution in [-0.2, 0) is 4.79 Å². The minimum absolute atomic E-state index is 0.0174. The molecule has 0 unspecified atom stereocenters. The molecular weight excluding hydrogens is 486 g/mol. The highest BCUT2D eigenvalue weighted by Gasteiger charge is 2.13. The quantitative estimate of drug-likeness (QED) is 0.182. The highest BCUT2D eigenvalue weighted by atomic mass is 16.5. The third-order valence-electron chi connectivity index (χ3n) is 5.84. The van der Waals surface area contributed by atoms with Crippen molar-refractivity contribution in [3.63, 3.8) is 0 Å². The van der Waals surface area contributed by atoms with Gasteiger partial charge in [-0.3, -0.25) is 9.59 Å². The van der Waals surface area contributed by atoms with Crippen molar-refractivity contribution in [2.75, 3.05) is 11.9 Å². The van der Waals surface area contributed by atoms with E-state index in [1.54, 1.807) is 42.5 Å². The largest absolute Gasteiger partial charge is 0.494 e. The summed E-state index contributed by atoms with van der Waals surface area (Å²) in [6.45, 7) is 0.534. The summed E-state index contributed by atoms with van der Waals surface area (Å²) in [6, 6.07) is 24.3. The summed E-state index contributed by atoms with van der Waals surface area (Å²) in [7, 11) is 0. The zero-order valence-electron chi connectivity index (χ0n) is 20.6. The van der Waals surface area contributed by atoms with Gasteiger partial charge in [-0.05, 0) is 90.7 Å². The molecule has 0 aliphatic rings. The molecule has 0 spiro atoms. The van der Waals surface area contributed by atoms with Gasteiger partial charge in [-0.25, -0.2) is 4.79 Å². The van der Waals surface area contributed by atoms with Crippen LogP contribution in [0.15, 0.2) is 84.9 Å². The number of fused-ring (bicyclic) bond motifs is 1. The molecule has 0 radical (unpaired) electrons. The second-order valence-electron chi connectivity index (χ2n) is 8.65. The predicted octanol–water partition coefficient (Wildman–Crippen LogP) is 6.61. The van der Waals surface area contributed by atoms with E-state index < -0.39 is 17.8 Å². The number of aliphatic carboxylic acids is 1. The molecule has 8 heteroatoms. The number of carbonyl (C=O) groups excluding carboxylic acids is 1. The van der Waals surface area contributed by atoms with E-state index in [1.165, 1.54) is 6.07 Å². The summed E-state index contributed by atoms with van der Waals surface area (Å²) >= 11 is 0. The number of aromatic carboxylic acids is 1. The molecule has 0 saturated heterocycles. The summed E-state index contributed by atoms with van der Waals surface area (Å²) < 4.78 is 11.7. The van der Waals surface area contributed by atoms with Crippen molar-refractivity contribution in [1.82, 2.24) is 0 Å². The van der Waals surface area contributed by atoms with Gasteiger partial charge in [0.25, 0.3) is 5.91 Å². The SMILES string of the molecule is O=C(O)CCCCCOc1ccc2cc(Oc3ccc(C(=O)Nc4ccccc4C(=O)O)cc3)ccc2c1. The summed E-state index contributed by atoms with van der Waals surface area (Å²) in [5.41, 5.74) is 0.611. The lowest BCUT2D eigenvalue weighted by Gasteiger charge is -2.10. The zero-order chi connectivity index (χ0) is 26.9. The number of amides is 1. The number of hydrogen-bond donors (Lipinski definition) is 3. The number of carboxylic acids is 2. The molecule has 4 aromatic rings. The number of benzene rings is 4. The highest BCUT2D eigenvalue weighted by molar-refractivity contribution is 6.07. The fourth-order valence-electron chi connectivity index (χ4n) is 3.88. The van der Waals surface area contributed by atoms with Crippen molar-refractivity contribution in [3.8, 4) is 17.2 Å². The molecular formula is C30H27NO7. The van der Waals surface area contributed by atoms with E-state index in [0.29, 0.717) is 30.1 Å². The average Bonchev–Trinajstić information content (AvgIpc) is 2.91. The van der Waals surface area contributed by atoms with Crippen molar-refractivity contribution in [3.05, 3.63) is 96.1 Å². The van der Waals surface area contributed by atoms with Gasteiger partial charge < -0.3 is 25.0 Å². The number of ether oxygens (including phenoxy) is 2. The maximum Gasteiger partial charge on any atom is 0.337 e. The molecule has 0 aliphatic carbocycles. The van der Waals surface area contributed by atoms with E-state index in [2.05, 4.69) is 5.32 Å². The van der Waals surface area contributed by atoms with Crippen LogP contribution in [0.5, 0.6) is 17.2 Å². The maximum absolute atomic E-state index is 12.6. The Morgan fingerprint density at radius 2 is 1.37 bits per heavy atom. The number of para-hydroxylation sites is 1. The minimum atomic E-state index is -1.12. The first-order valence-corrected chi connectivity index (χ1v) is 12.2. The Hall–Kier alpha value is -4.85. The molecule has 4 rings (SSSR count). The smallest absolute Gasteiger partial charge is 0.337 e. The molecule has 3 N–H and O–H groups in total. The summed E-state index contributed by atoms with van der Waals surface area (Å²) in [5, 5.41) is 22.6. The van der Waals surface area contributed by atoms with Crippen LogP contribution in [0.3, 0.4) is 0 Å². The average molecular weight is 514 g/mol. The van der Waals surface area contributed by atoms with Gasteiger partial charge in [-0.15, -0.1) is 0 Å². The number of nitrogens with one attached hydrogen (secondary N) is 1. The van der Waals surface area contributed by atoms with E-state index in [9.17, 15) is 19.5 Å². The van der Waals surface area contributed by atoms with Crippen LogP contribution in [0.2, 0.25) is 0 Å². The standard InChI is InChI=1S/C30H27NO7/c32-28(33)8-2-1-5-17-37-24-15-11-22-19-25(16-12-21(22)18-24)38-23-13-9-20(10-14-23)29(34)31-27-7-4-3-6-26(27)30(35)36/h3-4,6-7,9-16,18-19H,1-2,5,8,17H2,(H,31,34)(H,32,33)(H,35,36). The zero-order valence-corrected chi connectivity index (χ0v) is 20.6. The fraction of sp³-hybridized carbons (Fsp3) is 0.167. The van der Waals surface area contributed by atoms with Crippen molar-refractivity contribution in [2.45, 2.75) is 25.7 Å². The Labute approximate surface area is 219 Å². The van der Waals surface area contributed by atoms with Crippen LogP contribution in [0, 0.1) is 0 Å². The first kappa shape index (κ1) is 26.2. The second kappa shape index (κ2) is 12.4. The van der Waals surface area contributed by atoms with E-state index in [4.69, 9.17) is 14.6 Å². The second-order valence-corrected chi connectivity index (χ2v) is 8.65. The number of unbranched alkanes of at least 4 members (excludes halogenated alkanes) is 2. The Bertz CT molecular complexity index is 1450. The lowest BCUT2D eigenvalue weighted by molar-refractivity contribution is -0.137. The summed E-state index contributed by atoms with van der Waals surface area (Å²) in [4.78, 5) is 34.5. The number of rotatable bonds is 12. The minimum Gasteiger partial charge on any atom is -0.494 e. The van der Waals surface area contributed by atoms with Gasteiger partial charge in [0.15, 0.2) is 0 Å². The van der Waals surface area contributed by atoms with E-state index >= 15 is 0 Å². The number of hydrogen-bond acceptors (Lipinski definition) is 5. The number of carbonyl (C=O) groups is 3. The molecule has 0 saturated carbocycles. The van der Waals surface area contributed by atoms with Crippen LogP contribution >= 0.6 is 0 Å². The Balaban J connectivity index is 1.33. The first-order valence-electron chi connectivity index (χ1n) is 12.2. The van der Waals surface area contributed by atoms with Crippen LogP contribution in [0.25, 0.3) is 10.8 Å². The monoisotopic (exact) mass is 513 g/mol. The van der Waals surface area contributed by atoms with Gasteiger partial charge in [0.05, 0.1) is 17.9 Å². The van der Waals surface area contributed by atoms with Crippen LogP contribution in [-0.4, -0.2) is 34.7 Å². The molecule has 0 aliphatic heterocycles. The predicted molar refractivity (Wildman–Crippen MR) is 143 cm³/mol. The molecule has 8 nitrogen and oxygen atoms in total. The normalized spacial score (nSPS) is 10.6. The van der Waals surface area contributed by atoms with Crippen LogP contribution in [0.4, 0.5) is 5.69 Å². The van der Waals surface area contributed by atoms with Crippen molar-refractivity contribution >= 4 is 34.3 Å². The highest BCUT2D eigenvalue weighted by Crippen LogP contribution is 2.28. The van der Waals surface area contributed by atoms with Gasteiger partial charge in [-0.1, -0.05) is 24.3 Å². The van der Waals surface area contributed by atoms with Gasteiger partial charge in [0.2, 0.25) is 0 Å². The summed E-state index contributed by atoms with van der Waals surface area (Å²) in [6.07, 6.45) is 2.44. The van der Waals surface area contributed by atoms with Crippen LogP contribution < -0.4 is 14.8 Å². The van der Waals surface area contributed by atoms with E-state index in [0.717, 1.165) is 29.4 Å². The molecule has 0 aromatic heterocycles. The molecule has 194 valence electrons. The molecule has 4 aromatic carbocycles.